The van der Waals surface area contributed by atoms with Gasteiger partial charge in [0.05, 0.1) is 20.3 Å². The van der Waals surface area contributed by atoms with Crippen molar-refractivity contribution >= 4 is 11.7 Å². The summed E-state index contributed by atoms with van der Waals surface area (Å²) in [5.74, 6) is 1.28. The van der Waals surface area contributed by atoms with Gasteiger partial charge < -0.3 is 14.8 Å². The predicted molar refractivity (Wildman–Crippen MR) is 99.1 cm³/mol. The lowest BCUT2D eigenvalue weighted by molar-refractivity contribution is 0.0928. The fraction of sp³-hybridized carbons (Fsp3) is 0.381. The summed E-state index contributed by atoms with van der Waals surface area (Å²) in [4.78, 5) is 29.1. The molecule has 6 heteroatoms. The number of nitrogens with one attached hydrogen (secondary N) is 1. The molecular formula is C21H22N2O4. The zero-order valence-corrected chi connectivity index (χ0v) is 15.4. The summed E-state index contributed by atoms with van der Waals surface area (Å²) < 4.78 is 10.8. The van der Waals surface area contributed by atoms with E-state index in [0.29, 0.717) is 48.4 Å². The number of fused-ring (bicyclic) bond motifs is 1. The minimum atomic E-state index is -0.166. The van der Waals surface area contributed by atoms with Gasteiger partial charge in [0.2, 0.25) is 0 Å². The van der Waals surface area contributed by atoms with Gasteiger partial charge in [-0.1, -0.05) is 18.2 Å². The summed E-state index contributed by atoms with van der Waals surface area (Å²) in [6.45, 7) is 2.88. The number of para-hydroxylation sites is 1. The zero-order chi connectivity index (χ0) is 19.0. The van der Waals surface area contributed by atoms with Crippen molar-refractivity contribution in [3.05, 3.63) is 58.9 Å². The van der Waals surface area contributed by atoms with Crippen LogP contribution in [0.25, 0.3) is 0 Å². The highest BCUT2D eigenvalue weighted by atomic mass is 16.5. The number of amides is 1. The van der Waals surface area contributed by atoms with E-state index in [2.05, 4.69) is 10.3 Å². The monoisotopic (exact) mass is 366 g/mol. The number of pyridine rings is 1. The lowest BCUT2D eigenvalue weighted by Gasteiger charge is -2.11. The molecule has 27 heavy (non-hydrogen) atoms. The van der Waals surface area contributed by atoms with E-state index < -0.39 is 0 Å². The number of methoxy groups -OCH3 is 1. The van der Waals surface area contributed by atoms with E-state index >= 15 is 0 Å². The molecule has 1 aliphatic carbocycles. The van der Waals surface area contributed by atoms with Crippen LogP contribution >= 0.6 is 0 Å². The van der Waals surface area contributed by atoms with Crippen LogP contribution in [0.2, 0.25) is 0 Å². The van der Waals surface area contributed by atoms with Gasteiger partial charge in [-0.2, -0.15) is 0 Å². The van der Waals surface area contributed by atoms with Gasteiger partial charge in [0.25, 0.3) is 5.91 Å². The first-order valence-electron chi connectivity index (χ1n) is 9.09. The second-order valence-electron chi connectivity index (χ2n) is 7.14. The fourth-order valence-electron chi connectivity index (χ4n) is 3.72. The van der Waals surface area contributed by atoms with E-state index in [9.17, 15) is 9.59 Å². The average Bonchev–Trinajstić information content (AvgIpc) is 3.09. The second kappa shape index (κ2) is 7.12. The molecule has 1 amide bonds. The van der Waals surface area contributed by atoms with Crippen molar-refractivity contribution in [2.24, 2.45) is 11.8 Å². The average molecular weight is 366 g/mol. The Kier molecular flexibility index (Phi) is 4.66. The third-order valence-corrected chi connectivity index (χ3v) is 5.32. The number of ether oxygens (including phenoxy) is 2. The van der Waals surface area contributed by atoms with Gasteiger partial charge in [-0.05, 0) is 18.2 Å². The fourth-order valence-corrected chi connectivity index (χ4v) is 3.72. The Bertz CT molecular complexity index is 886. The van der Waals surface area contributed by atoms with Crippen molar-refractivity contribution in [3.63, 3.8) is 0 Å². The number of hydrogen-bond acceptors (Lipinski definition) is 5. The number of benzene rings is 1. The topological polar surface area (TPSA) is 77.5 Å². The molecule has 0 radical (unpaired) electrons. The lowest BCUT2D eigenvalue weighted by Crippen LogP contribution is -2.30. The van der Waals surface area contributed by atoms with Crippen molar-refractivity contribution in [2.75, 3.05) is 20.3 Å². The molecule has 1 aromatic heterocycles. The summed E-state index contributed by atoms with van der Waals surface area (Å²) in [5, 5.41) is 3.07. The van der Waals surface area contributed by atoms with Crippen molar-refractivity contribution in [1.29, 1.82) is 0 Å². The smallest absolute Gasteiger partial charge is 0.251 e. The Morgan fingerprint density at radius 3 is 2.67 bits per heavy atom. The van der Waals surface area contributed by atoms with Crippen molar-refractivity contribution in [3.8, 4) is 5.75 Å². The van der Waals surface area contributed by atoms with Crippen LogP contribution in [0.3, 0.4) is 0 Å². The van der Waals surface area contributed by atoms with Crippen LogP contribution in [0, 0.1) is 11.8 Å². The van der Waals surface area contributed by atoms with E-state index in [1.165, 1.54) is 6.92 Å². The maximum atomic E-state index is 12.7. The number of aromatic nitrogens is 1. The zero-order valence-electron chi connectivity index (χ0n) is 15.4. The molecule has 2 heterocycles. The molecule has 1 saturated carbocycles. The Morgan fingerprint density at radius 2 is 1.96 bits per heavy atom. The molecule has 2 aliphatic rings. The number of Topliss-reactive ketones (excluding diaryl/α,β-unsaturated/α-hetero) is 1. The Labute approximate surface area is 157 Å². The summed E-state index contributed by atoms with van der Waals surface area (Å²) in [7, 11) is 1.62. The highest BCUT2D eigenvalue weighted by molar-refractivity contribution is 5.99. The molecule has 1 aliphatic heterocycles. The molecule has 0 bridgehead atoms. The van der Waals surface area contributed by atoms with E-state index in [4.69, 9.17) is 9.47 Å². The van der Waals surface area contributed by atoms with Crippen LogP contribution in [0.15, 0.2) is 36.4 Å². The molecule has 1 N–H and O–H groups in total. The van der Waals surface area contributed by atoms with Crippen LogP contribution < -0.4 is 10.1 Å². The molecular weight excluding hydrogens is 344 g/mol. The first-order chi connectivity index (χ1) is 13.1. The summed E-state index contributed by atoms with van der Waals surface area (Å²) in [6.07, 6.45) is 0.480. The van der Waals surface area contributed by atoms with Gasteiger partial charge in [0.15, 0.2) is 5.78 Å². The summed E-state index contributed by atoms with van der Waals surface area (Å²) >= 11 is 0. The van der Waals surface area contributed by atoms with E-state index in [0.717, 1.165) is 11.3 Å². The lowest BCUT2D eigenvalue weighted by atomic mass is 10.0. The van der Waals surface area contributed by atoms with Crippen LogP contribution in [0.5, 0.6) is 5.75 Å². The third kappa shape index (κ3) is 3.57. The van der Waals surface area contributed by atoms with E-state index in [-0.39, 0.29) is 17.7 Å². The molecule has 0 unspecified atom stereocenters. The Morgan fingerprint density at radius 1 is 1.22 bits per heavy atom. The number of nitrogens with zero attached hydrogens (tertiary/aromatic N) is 1. The minimum Gasteiger partial charge on any atom is -0.496 e. The SMILES string of the molecule is COc1ccccc1Cc1cc(C(=O)N[C@H]2[C@@H]3COC[C@@H]32)cc(C(C)=O)n1. The number of carbonyl (C=O) groups excluding carboxylic acids is 2. The van der Waals surface area contributed by atoms with Gasteiger partial charge in [-0.3, -0.25) is 9.59 Å². The number of ketones is 1. The van der Waals surface area contributed by atoms with Gasteiger partial charge in [-0.15, -0.1) is 0 Å². The molecule has 2 aromatic rings. The van der Waals surface area contributed by atoms with Crippen molar-refractivity contribution in [2.45, 2.75) is 19.4 Å². The minimum absolute atomic E-state index is 0.164. The quantitative estimate of drug-likeness (QED) is 0.794. The predicted octanol–water partition coefficient (Wildman–Crippen LogP) is 2.26. The first kappa shape index (κ1) is 17.7. The normalized spacial score (nSPS) is 22.8. The van der Waals surface area contributed by atoms with Crippen molar-refractivity contribution in [1.82, 2.24) is 10.3 Å². The van der Waals surface area contributed by atoms with Crippen LogP contribution in [0.1, 0.15) is 39.0 Å². The standard InChI is InChI=1S/C21H22N2O4/c1-12(24)18-9-14(21(25)23-20-16-10-27-11-17(16)20)8-15(22-18)7-13-5-3-4-6-19(13)26-2/h3-6,8-9,16-17,20H,7,10-11H2,1-2H3,(H,23,25)/t16-,17+,20+. The molecule has 1 aromatic carbocycles. The van der Waals surface area contributed by atoms with Crippen molar-refractivity contribution < 1.29 is 19.1 Å². The highest BCUT2D eigenvalue weighted by Gasteiger charge is 2.54. The molecule has 1 saturated heterocycles. The molecule has 2 fully saturated rings. The van der Waals surface area contributed by atoms with Gasteiger partial charge in [-0.25, -0.2) is 4.98 Å². The van der Waals surface area contributed by atoms with Gasteiger partial charge in [0.1, 0.15) is 11.4 Å². The maximum absolute atomic E-state index is 12.7. The van der Waals surface area contributed by atoms with Gasteiger partial charge >= 0.3 is 0 Å². The number of rotatable bonds is 6. The molecule has 4 rings (SSSR count). The highest BCUT2D eigenvalue weighted by Crippen LogP contribution is 2.44. The number of carbonyl (C=O) groups is 2. The second-order valence-corrected chi connectivity index (χ2v) is 7.14. The molecule has 0 spiro atoms. The molecule has 140 valence electrons. The first-order valence-corrected chi connectivity index (χ1v) is 9.09. The third-order valence-electron chi connectivity index (χ3n) is 5.32. The summed E-state index contributed by atoms with van der Waals surface area (Å²) in [6, 6.07) is 11.2. The Balaban J connectivity index is 1.58. The van der Waals surface area contributed by atoms with Gasteiger partial charge in [0, 0.05) is 48.0 Å². The maximum Gasteiger partial charge on any atom is 0.251 e. The van der Waals surface area contributed by atoms with E-state index in [1.54, 1.807) is 19.2 Å². The van der Waals surface area contributed by atoms with Crippen LogP contribution in [-0.4, -0.2) is 43.0 Å². The van der Waals surface area contributed by atoms with Crippen LogP contribution in [0.4, 0.5) is 0 Å². The number of hydrogen-bond donors (Lipinski definition) is 1. The molecule has 6 nitrogen and oxygen atoms in total. The largest absolute Gasteiger partial charge is 0.496 e. The molecule has 3 atom stereocenters. The van der Waals surface area contributed by atoms with Crippen LogP contribution in [-0.2, 0) is 11.2 Å². The Hall–Kier alpha value is -2.73. The summed E-state index contributed by atoms with van der Waals surface area (Å²) in [5.41, 5.74) is 2.38. The van der Waals surface area contributed by atoms with E-state index in [1.807, 2.05) is 24.3 Å².